The molecule has 3 atom stereocenters. The Hall–Kier alpha value is -0.540. The van der Waals surface area contributed by atoms with Crippen LogP contribution in [0.1, 0.15) is 33.1 Å². The average molecular weight is 274 g/mol. The van der Waals surface area contributed by atoms with E-state index in [1.807, 2.05) is 0 Å². The zero-order valence-corrected chi connectivity index (χ0v) is 11.6. The first-order valence-corrected chi connectivity index (χ1v) is 6.78. The molecular formula is C12H17Cl2N3. The first-order valence-electron chi connectivity index (χ1n) is 6.03. The van der Waals surface area contributed by atoms with Gasteiger partial charge in [-0.3, -0.25) is 0 Å². The highest BCUT2D eigenvalue weighted by atomic mass is 35.5. The molecule has 1 aromatic rings. The van der Waals surface area contributed by atoms with Crippen LogP contribution in [0.2, 0.25) is 10.3 Å². The van der Waals surface area contributed by atoms with Crippen LogP contribution in [0.5, 0.6) is 0 Å². The van der Waals surface area contributed by atoms with Crippen molar-refractivity contribution < 1.29 is 0 Å². The number of aromatic nitrogens is 2. The normalized spacial score (nSPS) is 29.1. The third-order valence-electron chi connectivity index (χ3n) is 3.77. The summed E-state index contributed by atoms with van der Waals surface area (Å²) in [6, 6.07) is 2.18. The van der Waals surface area contributed by atoms with Gasteiger partial charge in [0.25, 0.3) is 0 Å². The summed E-state index contributed by atoms with van der Waals surface area (Å²) in [5, 5.41) is 11.7. The zero-order valence-electron chi connectivity index (χ0n) is 10.1. The third-order valence-corrected chi connectivity index (χ3v) is 4.23. The number of nitrogens with zero attached hydrogens (tertiary/aromatic N) is 2. The molecule has 1 heterocycles. The summed E-state index contributed by atoms with van der Waals surface area (Å²) in [6.07, 6.45) is 3.73. The van der Waals surface area contributed by atoms with Gasteiger partial charge in [-0.2, -0.15) is 0 Å². The van der Waals surface area contributed by atoms with Crippen LogP contribution in [-0.4, -0.2) is 16.2 Å². The van der Waals surface area contributed by atoms with Gasteiger partial charge in [-0.25, -0.2) is 0 Å². The van der Waals surface area contributed by atoms with Gasteiger partial charge in [0.1, 0.15) is 0 Å². The van der Waals surface area contributed by atoms with Crippen LogP contribution in [0.15, 0.2) is 6.07 Å². The summed E-state index contributed by atoms with van der Waals surface area (Å²) >= 11 is 11.8. The Balaban J connectivity index is 2.11. The van der Waals surface area contributed by atoms with Crippen molar-refractivity contribution in [3.63, 3.8) is 0 Å². The van der Waals surface area contributed by atoms with E-state index in [0.717, 1.165) is 11.6 Å². The van der Waals surface area contributed by atoms with E-state index in [0.29, 0.717) is 22.3 Å². The molecule has 0 spiro atoms. The van der Waals surface area contributed by atoms with Crippen LogP contribution < -0.4 is 5.32 Å². The van der Waals surface area contributed by atoms with Crippen molar-refractivity contribution in [3.8, 4) is 0 Å². The van der Waals surface area contributed by atoms with E-state index >= 15 is 0 Å². The molecule has 0 bridgehead atoms. The maximum Gasteiger partial charge on any atom is 0.174 e. The van der Waals surface area contributed by atoms with Crippen LogP contribution >= 0.6 is 23.2 Å². The average Bonchev–Trinajstić information content (AvgIpc) is 2.30. The standard InChI is InChI=1S/C12H17Cl2N3/c1-7-4-3-5-9(8(7)2)15-10-6-11(13)16-17-12(10)14/h6-9H,3-5H2,1-2H3,(H,15,16). The van der Waals surface area contributed by atoms with Gasteiger partial charge in [-0.05, 0) is 18.3 Å². The van der Waals surface area contributed by atoms with Crippen molar-refractivity contribution >= 4 is 28.9 Å². The number of anilines is 1. The molecule has 17 heavy (non-hydrogen) atoms. The minimum atomic E-state index is 0.369. The quantitative estimate of drug-likeness (QED) is 0.885. The van der Waals surface area contributed by atoms with Gasteiger partial charge in [-0.15, -0.1) is 10.2 Å². The summed E-state index contributed by atoms with van der Waals surface area (Å²) < 4.78 is 0. The van der Waals surface area contributed by atoms with Gasteiger partial charge in [-0.1, -0.05) is 49.9 Å². The molecule has 0 amide bonds. The van der Waals surface area contributed by atoms with Crippen molar-refractivity contribution in [3.05, 3.63) is 16.4 Å². The number of rotatable bonds is 2. The maximum atomic E-state index is 6.00. The van der Waals surface area contributed by atoms with Gasteiger partial charge >= 0.3 is 0 Å². The predicted molar refractivity (Wildman–Crippen MR) is 71.6 cm³/mol. The summed E-state index contributed by atoms with van der Waals surface area (Å²) in [6.45, 7) is 4.59. The highest BCUT2D eigenvalue weighted by Crippen LogP contribution is 2.33. The lowest BCUT2D eigenvalue weighted by molar-refractivity contribution is 0.253. The molecule has 0 saturated heterocycles. The Morgan fingerprint density at radius 1 is 1.24 bits per heavy atom. The molecule has 0 radical (unpaired) electrons. The number of nitrogens with one attached hydrogen (secondary N) is 1. The lowest BCUT2D eigenvalue weighted by atomic mass is 9.78. The number of halogens is 2. The fourth-order valence-electron chi connectivity index (χ4n) is 2.44. The van der Waals surface area contributed by atoms with Crippen LogP contribution in [0, 0.1) is 11.8 Å². The SMILES string of the molecule is CC1CCCC(Nc2cc(Cl)nnc2Cl)C1C. The smallest absolute Gasteiger partial charge is 0.174 e. The van der Waals surface area contributed by atoms with Gasteiger partial charge in [0.15, 0.2) is 10.3 Å². The van der Waals surface area contributed by atoms with Crippen molar-refractivity contribution in [2.24, 2.45) is 11.8 Å². The van der Waals surface area contributed by atoms with Gasteiger partial charge in [0.2, 0.25) is 0 Å². The fraction of sp³-hybridized carbons (Fsp3) is 0.667. The van der Waals surface area contributed by atoms with E-state index in [2.05, 4.69) is 29.4 Å². The van der Waals surface area contributed by atoms with Crippen LogP contribution in [-0.2, 0) is 0 Å². The zero-order chi connectivity index (χ0) is 12.4. The Labute approximate surface area is 112 Å². The second-order valence-corrected chi connectivity index (χ2v) is 5.63. The van der Waals surface area contributed by atoms with E-state index in [-0.39, 0.29) is 0 Å². The third kappa shape index (κ3) is 3.02. The maximum absolute atomic E-state index is 6.00. The molecule has 2 rings (SSSR count). The lowest BCUT2D eigenvalue weighted by Gasteiger charge is -2.35. The molecule has 1 fully saturated rings. The highest BCUT2D eigenvalue weighted by molar-refractivity contribution is 6.33. The Morgan fingerprint density at radius 2 is 2.00 bits per heavy atom. The molecule has 0 aromatic carbocycles. The first kappa shape index (κ1) is 12.9. The molecule has 1 aromatic heterocycles. The second-order valence-electron chi connectivity index (χ2n) is 4.89. The van der Waals surface area contributed by atoms with E-state index < -0.39 is 0 Å². The van der Waals surface area contributed by atoms with E-state index in [1.54, 1.807) is 6.07 Å². The molecule has 0 aliphatic heterocycles. The minimum Gasteiger partial charge on any atom is -0.379 e. The minimum absolute atomic E-state index is 0.369. The van der Waals surface area contributed by atoms with Crippen LogP contribution in [0.4, 0.5) is 5.69 Å². The topological polar surface area (TPSA) is 37.8 Å². The molecule has 1 aliphatic carbocycles. The van der Waals surface area contributed by atoms with Crippen molar-refractivity contribution in [1.82, 2.24) is 10.2 Å². The monoisotopic (exact) mass is 273 g/mol. The van der Waals surface area contributed by atoms with Crippen LogP contribution in [0.3, 0.4) is 0 Å². The summed E-state index contributed by atoms with van der Waals surface area (Å²) in [4.78, 5) is 0. The molecule has 3 unspecified atom stereocenters. The Kier molecular flexibility index (Phi) is 4.10. The van der Waals surface area contributed by atoms with Gasteiger partial charge in [0, 0.05) is 12.1 Å². The summed E-state index contributed by atoms with van der Waals surface area (Å²) in [5.74, 6) is 1.37. The summed E-state index contributed by atoms with van der Waals surface area (Å²) in [7, 11) is 0. The summed E-state index contributed by atoms with van der Waals surface area (Å²) in [5.41, 5.74) is 0.789. The molecule has 1 aliphatic rings. The highest BCUT2D eigenvalue weighted by Gasteiger charge is 2.27. The molecule has 1 saturated carbocycles. The first-order chi connectivity index (χ1) is 8.08. The van der Waals surface area contributed by atoms with Crippen molar-refractivity contribution in [2.45, 2.75) is 39.2 Å². The Morgan fingerprint density at radius 3 is 2.76 bits per heavy atom. The van der Waals surface area contributed by atoms with E-state index in [1.165, 1.54) is 19.3 Å². The molecule has 1 N–H and O–H groups in total. The van der Waals surface area contributed by atoms with E-state index in [4.69, 9.17) is 23.2 Å². The van der Waals surface area contributed by atoms with Gasteiger partial charge in [0.05, 0.1) is 5.69 Å². The van der Waals surface area contributed by atoms with E-state index in [9.17, 15) is 0 Å². The second kappa shape index (κ2) is 5.40. The Bertz CT molecular complexity index is 397. The fourth-order valence-corrected chi connectivity index (χ4v) is 2.73. The number of hydrogen-bond donors (Lipinski definition) is 1. The largest absolute Gasteiger partial charge is 0.379 e. The molecule has 94 valence electrons. The van der Waals surface area contributed by atoms with Gasteiger partial charge < -0.3 is 5.32 Å². The molecular weight excluding hydrogens is 257 g/mol. The lowest BCUT2D eigenvalue weighted by Crippen LogP contribution is -2.35. The van der Waals surface area contributed by atoms with Crippen molar-refractivity contribution in [1.29, 1.82) is 0 Å². The number of hydrogen-bond acceptors (Lipinski definition) is 3. The van der Waals surface area contributed by atoms with Crippen LogP contribution in [0.25, 0.3) is 0 Å². The predicted octanol–water partition coefficient (Wildman–Crippen LogP) is 4.02. The van der Waals surface area contributed by atoms with Crippen molar-refractivity contribution in [2.75, 3.05) is 5.32 Å². The molecule has 3 nitrogen and oxygen atoms in total. The molecule has 5 heteroatoms.